The van der Waals surface area contributed by atoms with Crippen molar-refractivity contribution in [1.82, 2.24) is 0 Å². The number of carbonyl (C=O) groups is 1. The van der Waals surface area contributed by atoms with E-state index in [4.69, 9.17) is 10.5 Å². The summed E-state index contributed by atoms with van der Waals surface area (Å²) in [5, 5.41) is 0. The second kappa shape index (κ2) is 3.93. The Morgan fingerprint density at radius 2 is 2.40 bits per heavy atom. The van der Waals surface area contributed by atoms with Gasteiger partial charge >= 0.3 is 0 Å². The van der Waals surface area contributed by atoms with Gasteiger partial charge in [-0.05, 0) is 36.1 Å². The Balaban J connectivity index is 2.40. The fourth-order valence-corrected chi connectivity index (χ4v) is 1.92. The molecule has 3 nitrogen and oxygen atoms in total. The lowest BCUT2D eigenvalue weighted by atomic mass is 9.82. The molecule has 0 aromatic heterocycles. The van der Waals surface area contributed by atoms with Crippen LogP contribution in [0, 0.1) is 6.42 Å². The highest BCUT2D eigenvalue weighted by molar-refractivity contribution is 5.84. The molecule has 3 heteroatoms. The monoisotopic (exact) mass is 203 g/mol. The average molecular weight is 203 g/mol. The highest BCUT2D eigenvalue weighted by Crippen LogP contribution is 2.32. The van der Waals surface area contributed by atoms with Gasteiger partial charge in [0.2, 0.25) is 5.91 Å². The molecular formula is C12H13NO2. The Morgan fingerprint density at radius 1 is 1.60 bits per heavy atom. The topological polar surface area (TPSA) is 52.3 Å². The van der Waals surface area contributed by atoms with Crippen molar-refractivity contribution in [3.63, 3.8) is 0 Å². The Bertz CT molecular complexity index is 387. The molecule has 0 fully saturated rings. The van der Waals surface area contributed by atoms with Gasteiger partial charge in [-0.1, -0.05) is 6.07 Å². The predicted molar refractivity (Wildman–Crippen MR) is 56.5 cm³/mol. The summed E-state index contributed by atoms with van der Waals surface area (Å²) in [6.45, 7) is 0. The van der Waals surface area contributed by atoms with Crippen LogP contribution in [0.1, 0.15) is 23.5 Å². The molecule has 0 heterocycles. The van der Waals surface area contributed by atoms with Gasteiger partial charge in [0.1, 0.15) is 5.75 Å². The van der Waals surface area contributed by atoms with Crippen molar-refractivity contribution in [2.45, 2.75) is 18.8 Å². The van der Waals surface area contributed by atoms with Crippen molar-refractivity contribution in [1.29, 1.82) is 0 Å². The number of rotatable bonds is 2. The van der Waals surface area contributed by atoms with E-state index in [-0.39, 0.29) is 11.8 Å². The second-order valence-corrected chi connectivity index (χ2v) is 3.60. The van der Waals surface area contributed by atoms with Crippen molar-refractivity contribution in [2.75, 3.05) is 7.11 Å². The zero-order valence-corrected chi connectivity index (χ0v) is 8.62. The number of nitrogens with two attached hydrogens (primary N) is 1. The number of carbonyl (C=O) groups excluding carboxylic acids is 1. The minimum Gasteiger partial charge on any atom is -0.497 e. The second-order valence-electron chi connectivity index (χ2n) is 3.60. The van der Waals surface area contributed by atoms with Gasteiger partial charge < -0.3 is 10.5 Å². The van der Waals surface area contributed by atoms with E-state index >= 15 is 0 Å². The first-order valence-corrected chi connectivity index (χ1v) is 4.92. The van der Waals surface area contributed by atoms with Crippen molar-refractivity contribution < 1.29 is 9.53 Å². The highest BCUT2D eigenvalue weighted by atomic mass is 16.5. The molecule has 1 aromatic carbocycles. The van der Waals surface area contributed by atoms with Gasteiger partial charge in [0.25, 0.3) is 0 Å². The first kappa shape index (κ1) is 10.0. The number of ether oxygens (including phenoxy) is 1. The van der Waals surface area contributed by atoms with Gasteiger partial charge in [0, 0.05) is 6.42 Å². The number of methoxy groups -OCH3 is 1. The molecule has 0 spiro atoms. The van der Waals surface area contributed by atoms with Crippen LogP contribution in [0.25, 0.3) is 0 Å². The third-order valence-corrected chi connectivity index (χ3v) is 2.69. The smallest absolute Gasteiger partial charge is 0.225 e. The largest absolute Gasteiger partial charge is 0.497 e. The van der Waals surface area contributed by atoms with Gasteiger partial charge in [0.05, 0.1) is 13.0 Å². The summed E-state index contributed by atoms with van der Waals surface area (Å²) in [4.78, 5) is 11.2. The maximum absolute atomic E-state index is 11.2. The van der Waals surface area contributed by atoms with E-state index in [2.05, 4.69) is 6.42 Å². The fraction of sp³-hybridized carbons (Fsp3) is 0.333. The molecule has 0 bridgehead atoms. The van der Waals surface area contributed by atoms with E-state index in [1.54, 1.807) is 7.11 Å². The zero-order valence-electron chi connectivity index (χ0n) is 8.62. The van der Waals surface area contributed by atoms with E-state index in [9.17, 15) is 4.79 Å². The van der Waals surface area contributed by atoms with E-state index < -0.39 is 0 Å². The average Bonchev–Trinajstić information content (AvgIpc) is 2.27. The molecule has 2 radical (unpaired) electrons. The van der Waals surface area contributed by atoms with E-state index in [0.29, 0.717) is 0 Å². The van der Waals surface area contributed by atoms with E-state index in [0.717, 1.165) is 29.7 Å². The van der Waals surface area contributed by atoms with Crippen LogP contribution in [0.2, 0.25) is 0 Å². The van der Waals surface area contributed by atoms with Crippen molar-refractivity contribution in [2.24, 2.45) is 5.73 Å². The summed E-state index contributed by atoms with van der Waals surface area (Å²) in [5.41, 5.74) is 7.42. The third kappa shape index (κ3) is 1.82. The molecule has 2 N–H and O–H groups in total. The number of primary amides is 1. The summed E-state index contributed by atoms with van der Waals surface area (Å²) in [7, 11) is 1.63. The number of amides is 1. The molecule has 1 aromatic rings. The molecule has 0 saturated carbocycles. The van der Waals surface area contributed by atoms with Gasteiger partial charge in [-0.15, -0.1) is 0 Å². The molecule has 2 rings (SSSR count). The fourth-order valence-electron chi connectivity index (χ4n) is 1.92. The maximum atomic E-state index is 11.2. The third-order valence-electron chi connectivity index (χ3n) is 2.69. The van der Waals surface area contributed by atoms with Crippen LogP contribution in [-0.4, -0.2) is 13.0 Å². The maximum Gasteiger partial charge on any atom is 0.225 e. The molecule has 0 aliphatic heterocycles. The van der Waals surface area contributed by atoms with Crippen molar-refractivity contribution in [3.8, 4) is 5.75 Å². The van der Waals surface area contributed by atoms with Crippen molar-refractivity contribution >= 4 is 5.91 Å². The molecule has 1 unspecified atom stereocenters. The van der Waals surface area contributed by atoms with Crippen LogP contribution in [0.4, 0.5) is 0 Å². The Hall–Kier alpha value is -1.51. The zero-order chi connectivity index (χ0) is 10.8. The van der Waals surface area contributed by atoms with Gasteiger partial charge in [-0.2, -0.15) is 0 Å². The van der Waals surface area contributed by atoms with Gasteiger partial charge in [0.15, 0.2) is 0 Å². The lowest BCUT2D eigenvalue weighted by Crippen LogP contribution is -2.25. The Labute approximate surface area is 89.2 Å². The number of hydrogen-bond acceptors (Lipinski definition) is 2. The van der Waals surface area contributed by atoms with Crippen molar-refractivity contribution in [3.05, 3.63) is 35.7 Å². The van der Waals surface area contributed by atoms with Crippen LogP contribution < -0.4 is 10.5 Å². The summed E-state index contributed by atoms with van der Waals surface area (Å²) >= 11 is 0. The SMILES string of the molecule is COc1ccc2c(c1)CC[C]C2C(N)=O. The number of hydrogen-bond donors (Lipinski definition) is 1. The first-order chi connectivity index (χ1) is 7.22. The molecule has 1 aliphatic rings. The molecule has 78 valence electrons. The quantitative estimate of drug-likeness (QED) is 0.787. The minimum absolute atomic E-state index is 0.332. The van der Waals surface area contributed by atoms with Gasteiger partial charge in [-0.3, -0.25) is 4.79 Å². The van der Waals surface area contributed by atoms with Crippen LogP contribution in [0.3, 0.4) is 0 Å². The number of benzene rings is 1. The molecule has 1 atom stereocenters. The first-order valence-electron chi connectivity index (χ1n) is 4.92. The summed E-state index contributed by atoms with van der Waals surface area (Å²) in [6.07, 6.45) is 4.77. The Kier molecular flexibility index (Phi) is 2.62. The van der Waals surface area contributed by atoms with E-state index in [1.165, 1.54) is 0 Å². The lowest BCUT2D eigenvalue weighted by Gasteiger charge is -2.22. The lowest BCUT2D eigenvalue weighted by molar-refractivity contribution is -0.118. The summed E-state index contributed by atoms with van der Waals surface area (Å²) < 4.78 is 5.14. The van der Waals surface area contributed by atoms with Crippen LogP contribution in [0.5, 0.6) is 5.75 Å². The molecular weight excluding hydrogens is 190 g/mol. The normalized spacial score (nSPS) is 19.4. The van der Waals surface area contributed by atoms with Crippen LogP contribution in [-0.2, 0) is 11.2 Å². The van der Waals surface area contributed by atoms with Crippen LogP contribution >= 0.6 is 0 Å². The summed E-state index contributed by atoms with van der Waals surface area (Å²) in [5.74, 6) is 0.125. The number of fused-ring (bicyclic) bond motifs is 1. The molecule has 0 saturated heterocycles. The standard InChI is InChI=1S/C12H13NO2/c1-15-9-5-6-10-8(7-9)3-2-4-11(10)12(13)14/h5-7,11H,2-3H2,1H3,(H2,13,14). The Morgan fingerprint density at radius 3 is 3.07 bits per heavy atom. The predicted octanol–water partition coefficient (Wildman–Crippen LogP) is 1.29. The number of aryl methyl sites for hydroxylation is 1. The van der Waals surface area contributed by atoms with Gasteiger partial charge in [-0.25, -0.2) is 0 Å². The minimum atomic E-state index is -0.361. The van der Waals surface area contributed by atoms with E-state index in [1.807, 2.05) is 18.2 Å². The highest BCUT2D eigenvalue weighted by Gasteiger charge is 2.25. The molecule has 1 amide bonds. The molecule has 15 heavy (non-hydrogen) atoms. The molecule has 1 aliphatic carbocycles. The summed E-state index contributed by atoms with van der Waals surface area (Å²) in [6, 6.07) is 5.71. The van der Waals surface area contributed by atoms with Crippen LogP contribution in [0.15, 0.2) is 18.2 Å².